The lowest BCUT2D eigenvalue weighted by Crippen LogP contribution is -2.79. The third-order valence-corrected chi connectivity index (χ3v) is 6.75. The van der Waals surface area contributed by atoms with Gasteiger partial charge in [-0.1, -0.05) is 26.7 Å². The summed E-state index contributed by atoms with van der Waals surface area (Å²) in [6.45, 7) is 4.95. The van der Waals surface area contributed by atoms with Gasteiger partial charge in [-0.3, -0.25) is 20.3 Å². The summed E-state index contributed by atoms with van der Waals surface area (Å²) in [6, 6.07) is 3.08. The Balaban J connectivity index is 1.80. The fourth-order valence-corrected chi connectivity index (χ4v) is 4.78. The van der Waals surface area contributed by atoms with Crippen LogP contribution in [0.15, 0.2) is 22.7 Å². The molecule has 1 aromatic rings. The molecular formula is C23H34BrFN4O4. The number of urea groups is 1. The molecule has 2 saturated heterocycles. The maximum absolute atomic E-state index is 13.7. The van der Waals surface area contributed by atoms with Gasteiger partial charge in [0, 0.05) is 32.3 Å². The largest absolute Gasteiger partial charge is 0.491 e. The van der Waals surface area contributed by atoms with Crippen LogP contribution in [0.3, 0.4) is 0 Å². The first-order valence-corrected chi connectivity index (χ1v) is 12.3. The molecule has 3 N–H and O–H groups in total. The average molecular weight is 529 g/mol. The normalized spacial score (nSPS) is 25.5. The third kappa shape index (κ3) is 6.23. The number of aliphatic hydroxyl groups is 1. The van der Waals surface area contributed by atoms with Gasteiger partial charge in [-0.15, -0.1) is 0 Å². The van der Waals surface area contributed by atoms with Gasteiger partial charge in [0.05, 0.1) is 10.5 Å². The number of ether oxygens (including phenoxy) is 1. The minimum Gasteiger partial charge on any atom is -0.491 e. The summed E-state index contributed by atoms with van der Waals surface area (Å²) < 4.78 is 20.3. The first-order chi connectivity index (χ1) is 15.7. The van der Waals surface area contributed by atoms with Crippen LogP contribution in [0.4, 0.5) is 9.18 Å². The van der Waals surface area contributed by atoms with Crippen LogP contribution >= 0.6 is 15.9 Å². The lowest BCUT2D eigenvalue weighted by atomic mass is 9.93. The maximum Gasteiger partial charge on any atom is 0.327 e. The number of aliphatic hydroxyl groups excluding tert-OH is 1. The number of benzene rings is 1. The summed E-state index contributed by atoms with van der Waals surface area (Å²) in [6.07, 6.45) is 2.74. The SMILES string of the molecule is CC(C)CN1C(=O)N(C)C(=O)C2NC(CCCCCO)C(COc3cc(F)ccc3Br)NC21. The Morgan fingerprint density at radius 3 is 2.64 bits per heavy atom. The smallest absolute Gasteiger partial charge is 0.327 e. The molecule has 4 unspecified atom stereocenters. The molecule has 0 aliphatic carbocycles. The van der Waals surface area contributed by atoms with Crippen LogP contribution in [0.2, 0.25) is 0 Å². The Labute approximate surface area is 203 Å². The summed E-state index contributed by atoms with van der Waals surface area (Å²) in [5.41, 5.74) is 0. The average Bonchev–Trinajstić information content (AvgIpc) is 2.78. The Morgan fingerprint density at radius 1 is 1.18 bits per heavy atom. The summed E-state index contributed by atoms with van der Waals surface area (Å²) in [5, 5.41) is 16.1. The molecule has 10 heteroatoms. The van der Waals surface area contributed by atoms with Crippen LogP contribution in [0.1, 0.15) is 39.5 Å². The highest BCUT2D eigenvalue weighted by atomic mass is 79.9. The molecule has 8 nitrogen and oxygen atoms in total. The molecule has 1 aromatic carbocycles. The number of halogens is 2. The van der Waals surface area contributed by atoms with Gasteiger partial charge in [-0.25, -0.2) is 9.18 Å². The van der Waals surface area contributed by atoms with E-state index in [0.717, 1.165) is 25.7 Å². The van der Waals surface area contributed by atoms with Crippen LogP contribution in [0.25, 0.3) is 0 Å². The van der Waals surface area contributed by atoms with Gasteiger partial charge >= 0.3 is 6.03 Å². The van der Waals surface area contributed by atoms with E-state index in [9.17, 15) is 14.0 Å². The molecule has 0 aromatic heterocycles. The van der Waals surface area contributed by atoms with E-state index in [1.807, 2.05) is 13.8 Å². The number of piperazine rings is 1. The zero-order chi connectivity index (χ0) is 24.1. The molecule has 0 bridgehead atoms. The molecule has 0 saturated carbocycles. The molecule has 2 heterocycles. The summed E-state index contributed by atoms with van der Waals surface area (Å²) >= 11 is 3.39. The number of imide groups is 1. The number of amides is 3. The second-order valence-electron chi connectivity index (χ2n) is 9.15. The zero-order valence-corrected chi connectivity index (χ0v) is 21.0. The number of carbonyl (C=O) groups excluding carboxylic acids is 2. The number of likely N-dealkylation sites (N-methyl/N-ethyl adjacent to an activating group) is 1. The summed E-state index contributed by atoms with van der Waals surface area (Å²) in [7, 11) is 1.52. The van der Waals surface area contributed by atoms with Crippen LogP contribution in [0, 0.1) is 11.7 Å². The zero-order valence-electron chi connectivity index (χ0n) is 19.4. The van der Waals surface area contributed by atoms with E-state index in [-0.39, 0.29) is 43.2 Å². The van der Waals surface area contributed by atoms with Crippen molar-refractivity contribution in [1.82, 2.24) is 20.4 Å². The minimum atomic E-state index is -0.563. The lowest BCUT2D eigenvalue weighted by Gasteiger charge is -2.51. The fourth-order valence-electron chi connectivity index (χ4n) is 4.41. The second-order valence-corrected chi connectivity index (χ2v) is 10.0. The van der Waals surface area contributed by atoms with Gasteiger partial charge in [-0.2, -0.15) is 0 Å². The number of rotatable bonds is 10. The Kier molecular flexibility index (Phi) is 9.09. The van der Waals surface area contributed by atoms with Gasteiger partial charge in [-0.05, 0) is 46.8 Å². The number of fused-ring (bicyclic) bond motifs is 1. The van der Waals surface area contributed by atoms with Crippen molar-refractivity contribution in [3.05, 3.63) is 28.5 Å². The van der Waals surface area contributed by atoms with E-state index in [1.54, 1.807) is 11.0 Å². The highest BCUT2D eigenvalue weighted by Crippen LogP contribution is 2.28. The standard InChI is InChI=1S/C23H34BrFN4O4/c1-14(2)12-29-21-20(22(31)28(3)23(29)32)26-17(7-5-4-6-10-30)18(27-21)13-33-19-11-15(25)8-9-16(19)24/h8-9,11,14,17-18,20-21,26-27,30H,4-7,10,12-13H2,1-3H3. The Morgan fingerprint density at radius 2 is 1.94 bits per heavy atom. The van der Waals surface area contributed by atoms with Crippen molar-refractivity contribution < 1.29 is 23.8 Å². The van der Waals surface area contributed by atoms with Crippen molar-refractivity contribution in [1.29, 1.82) is 0 Å². The number of hydrogen-bond acceptors (Lipinski definition) is 6. The third-order valence-electron chi connectivity index (χ3n) is 6.09. The second kappa shape index (κ2) is 11.6. The van der Waals surface area contributed by atoms with Gasteiger partial charge in [0.1, 0.15) is 30.4 Å². The van der Waals surface area contributed by atoms with Gasteiger partial charge in [0.2, 0.25) is 0 Å². The molecule has 3 amide bonds. The van der Waals surface area contributed by atoms with Crippen LogP contribution in [0.5, 0.6) is 5.75 Å². The number of hydrogen-bond donors (Lipinski definition) is 3. The molecule has 2 aliphatic heterocycles. The van der Waals surface area contributed by atoms with Crippen molar-refractivity contribution in [3.8, 4) is 5.75 Å². The maximum atomic E-state index is 13.7. The molecule has 4 atom stereocenters. The van der Waals surface area contributed by atoms with Crippen LogP contribution in [-0.2, 0) is 4.79 Å². The number of nitrogens with zero attached hydrogens (tertiary/aromatic N) is 2. The van der Waals surface area contributed by atoms with E-state index < -0.39 is 18.0 Å². The van der Waals surface area contributed by atoms with Crippen molar-refractivity contribution >= 4 is 27.9 Å². The fraction of sp³-hybridized carbons (Fsp3) is 0.652. The minimum absolute atomic E-state index is 0.0938. The Bertz CT molecular complexity index is 843. The molecule has 2 aliphatic rings. The molecule has 2 fully saturated rings. The van der Waals surface area contributed by atoms with Crippen LogP contribution in [-0.4, -0.2) is 77.9 Å². The topological polar surface area (TPSA) is 94.1 Å². The number of carbonyl (C=O) groups is 2. The summed E-state index contributed by atoms with van der Waals surface area (Å²) in [5.74, 6) is -0.0250. The first kappa shape index (κ1) is 25.9. The monoisotopic (exact) mass is 528 g/mol. The number of nitrogens with one attached hydrogen (secondary N) is 2. The van der Waals surface area contributed by atoms with Crippen molar-refractivity contribution in [2.75, 3.05) is 26.8 Å². The Hall–Kier alpha value is -1.75. The lowest BCUT2D eigenvalue weighted by molar-refractivity contribution is -0.138. The predicted molar refractivity (Wildman–Crippen MR) is 126 cm³/mol. The van der Waals surface area contributed by atoms with Crippen molar-refractivity contribution in [2.45, 2.75) is 63.8 Å². The first-order valence-electron chi connectivity index (χ1n) is 11.5. The summed E-state index contributed by atoms with van der Waals surface area (Å²) in [4.78, 5) is 28.7. The quantitative estimate of drug-likeness (QED) is 0.404. The highest BCUT2D eigenvalue weighted by Gasteiger charge is 2.50. The molecule has 3 rings (SSSR count). The van der Waals surface area contributed by atoms with Gasteiger partial charge in [0.15, 0.2) is 0 Å². The van der Waals surface area contributed by atoms with Crippen molar-refractivity contribution in [3.63, 3.8) is 0 Å². The molecular weight excluding hydrogens is 495 g/mol. The van der Waals surface area contributed by atoms with Crippen LogP contribution < -0.4 is 15.4 Å². The molecule has 33 heavy (non-hydrogen) atoms. The highest BCUT2D eigenvalue weighted by molar-refractivity contribution is 9.10. The van der Waals surface area contributed by atoms with Gasteiger partial charge in [0.25, 0.3) is 5.91 Å². The van der Waals surface area contributed by atoms with E-state index in [1.165, 1.54) is 24.1 Å². The predicted octanol–water partition coefficient (Wildman–Crippen LogP) is 2.69. The van der Waals surface area contributed by atoms with E-state index in [4.69, 9.17) is 9.84 Å². The van der Waals surface area contributed by atoms with E-state index >= 15 is 0 Å². The molecule has 184 valence electrons. The molecule has 0 spiro atoms. The van der Waals surface area contributed by atoms with Gasteiger partial charge < -0.3 is 14.7 Å². The van der Waals surface area contributed by atoms with Crippen molar-refractivity contribution in [2.24, 2.45) is 5.92 Å². The van der Waals surface area contributed by atoms with E-state index in [0.29, 0.717) is 16.8 Å². The van der Waals surface area contributed by atoms with E-state index in [2.05, 4.69) is 26.6 Å². The molecule has 0 radical (unpaired) electrons. The number of unbranched alkanes of at least 4 members (excludes halogenated alkanes) is 2.